The van der Waals surface area contributed by atoms with Crippen LogP contribution in [0.3, 0.4) is 0 Å². The van der Waals surface area contributed by atoms with E-state index in [1.807, 2.05) is 31.2 Å². The Kier molecular flexibility index (Phi) is 5.09. The van der Waals surface area contributed by atoms with Crippen LogP contribution >= 0.6 is 11.3 Å². The molecule has 152 valence electrons. The number of rotatable bonds is 5. The minimum Gasteiger partial charge on any atom is -0.477 e. The van der Waals surface area contributed by atoms with E-state index in [1.165, 1.54) is 17.5 Å². The Morgan fingerprint density at radius 1 is 1.10 bits per heavy atom. The highest BCUT2D eigenvalue weighted by Crippen LogP contribution is 2.21. The number of carboxylic acids is 1. The van der Waals surface area contributed by atoms with Gasteiger partial charge >= 0.3 is 11.7 Å². The van der Waals surface area contributed by atoms with Crippen molar-refractivity contribution in [2.24, 2.45) is 0 Å². The van der Waals surface area contributed by atoms with Crippen LogP contribution in [0.4, 0.5) is 4.39 Å². The molecular weight excluding hydrogens is 407 g/mol. The summed E-state index contributed by atoms with van der Waals surface area (Å²) in [4.78, 5) is 39.1. The number of benzene rings is 2. The van der Waals surface area contributed by atoms with E-state index in [0.29, 0.717) is 17.4 Å². The third-order valence-electron chi connectivity index (χ3n) is 4.92. The van der Waals surface area contributed by atoms with Crippen LogP contribution in [0.2, 0.25) is 0 Å². The number of H-pyrrole nitrogens is 1. The van der Waals surface area contributed by atoms with Crippen LogP contribution in [0.25, 0.3) is 16.6 Å². The number of aryl methyl sites for hydroxylation is 3. The highest BCUT2D eigenvalue weighted by Gasteiger charge is 2.20. The molecule has 6 nitrogen and oxygen atoms in total. The first-order valence-corrected chi connectivity index (χ1v) is 10.1. The van der Waals surface area contributed by atoms with E-state index in [1.54, 1.807) is 6.07 Å². The number of carbonyl (C=O) groups is 1. The monoisotopic (exact) mass is 424 g/mol. The van der Waals surface area contributed by atoms with E-state index in [0.717, 1.165) is 28.0 Å². The molecule has 0 unspecified atom stereocenters. The number of nitrogens with one attached hydrogen (secondary N) is 1. The molecule has 0 atom stereocenters. The molecule has 2 heterocycles. The number of halogens is 1. The Hall–Kier alpha value is -3.52. The van der Waals surface area contributed by atoms with Crippen molar-refractivity contribution in [1.29, 1.82) is 0 Å². The number of nitrogens with zero attached hydrogens (tertiary/aromatic N) is 1. The van der Waals surface area contributed by atoms with Crippen LogP contribution in [0, 0.1) is 12.7 Å². The van der Waals surface area contributed by atoms with Crippen molar-refractivity contribution in [2.75, 3.05) is 0 Å². The van der Waals surface area contributed by atoms with Gasteiger partial charge in [-0.1, -0.05) is 35.9 Å². The highest BCUT2D eigenvalue weighted by atomic mass is 32.1. The molecule has 2 aromatic heterocycles. The molecule has 0 aliphatic carbocycles. The fraction of sp³-hybridized carbons (Fsp3) is 0.136. The minimum atomic E-state index is -1.28. The topological polar surface area (TPSA) is 92.2 Å². The minimum absolute atomic E-state index is 0.125. The van der Waals surface area contributed by atoms with Crippen LogP contribution in [0.1, 0.15) is 26.4 Å². The zero-order valence-corrected chi connectivity index (χ0v) is 16.8. The predicted octanol–water partition coefficient (Wildman–Crippen LogP) is 3.67. The number of fused-ring (bicyclic) bond motifs is 1. The molecule has 0 bridgehead atoms. The van der Waals surface area contributed by atoms with Gasteiger partial charge in [0.1, 0.15) is 10.7 Å². The van der Waals surface area contributed by atoms with Crippen molar-refractivity contribution < 1.29 is 14.3 Å². The van der Waals surface area contributed by atoms with Crippen LogP contribution in [0.15, 0.2) is 57.4 Å². The van der Waals surface area contributed by atoms with Crippen molar-refractivity contribution >= 4 is 28.2 Å². The first-order chi connectivity index (χ1) is 14.3. The Balaban J connectivity index is 1.77. The molecule has 0 saturated heterocycles. The first-order valence-electron chi connectivity index (χ1n) is 9.19. The van der Waals surface area contributed by atoms with E-state index in [2.05, 4.69) is 4.98 Å². The Labute approximate surface area is 173 Å². The number of aromatic carboxylic acids is 1. The van der Waals surface area contributed by atoms with Crippen molar-refractivity contribution in [1.82, 2.24) is 9.55 Å². The molecule has 0 amide bonds. The number of hydrogen-bond acceptors (Lipinski definition) is 4. The quantitative estimate of drug-likeness (QED) is 0.511. The van der Waals surface area contributed by atoms with Gasteiger partial charge in [0.25, 0.3) is 5.56 Å². The largest absolute Gasteiger partial charge is 0.477 e. The summed E-state index contributed by atoms with van der Waals surface area (Å²) in [6.45, 7) is 2.01. The smallest absolute Gasteiger partial charge is 0.346 e. The number of thiophene rings is 1. The SMILES string of the molecule is Cc1ccc(CCc2ccc(F)c(-n3c(=O)[nH]c4csc(C(=O)O)c4c3=O)c2)cc1. The Bertz CT molecular complexity index is 1380. The van der Waals surface area contributed by atoms with E-state index < -0.39 is 23.0 Å². The van der Waals surface area contributed by atoms with E-state index >= 15 is 0 Å². The highest BCUT2D eigenvalue weighted by molar-refractivity contribution is 7.13. The summed E-state index contributed by atoms with van der Waals surface area (Å²) in [5, 5.41) is 10.6. The number of aromatic nitrogens is 2. The number of aromatic amines is 1. The van der Waals surface area contributed by atoms with Gasteiger partial charge in [0.05, 0.1) is 16.6 Å². The van der Waals surface area contributed by atoms with Gasteiger partial charge in [-0.05, 0) is 43.0 Å². The zero-order chi connectivity index (χ0) is 21.4. The molecule has 0 fully saturated rings. The molecule has 0 saturated carbocycles. The third kappa shape index (κ3) is 3.57. The van der Waals surface area contributed by atoms with Crippen LogP contribution in [-0.4, -0.2) is 20.6 Å². The van der Waals surface area contributed by atoms with E-state index in [9.17, 15) is 23.9 Å². The molecule has 4 aromatic rings. The summed E-state index contributed by atoms with van der Waals surface area (Å²) < 4.78 is 15.2. The summed E-state index contributed by atoms with van der Waals surface area (Å²) in [6, 6.07) is 12.3. The van der Waals surface area contributed by atoms with Crippen LogP contribution in [-0.2, 0) is 12.8 Å². The third-order valence-corrected chi connectivity index (χ3v) is 5.89. The van der Waals surface area contributed by atoms with Gasteiger partial charge in [-0.15, -0.1) is 11.3 Å². The molecule has 2 N–H and O–H groups in total. The lowest BCUT2D eigenvalue weighted by Crippen LogP contribution is -2.34. The molecule has 30 heavy (non-hydrogen) atoms. The van der Waals surface area contributed by atoms with Crippen molar-refractivity contribution in [3.05, 3.63) is 96.1 Å². The zero-order valence-electron chi connectivity index (χ0n) is 15.9. The number of carboxylic acid groups (broad SMARTS) is 1. The summed E-state index contributed by atoms with van der Waals surface area (Å²) >= 11 is 0.835. The molecule has 0 radical (unpaired) electrons. The maximum atomic E-state index is 14.6. The maximum absolute atomic E-state index is 14.6. The van der Waals surface area contributed by atoms with Gasteiger partial charge in [0.2, 0.25) is 0 Å². The lowest BCUT2D eigenvalue weighted by molar-refractivity contribution is 0.0704. The lowest BCUT2D eigenvalue weighted by atomic mass is 10.0. The van der Waals surface area contributed by atoms with Gasteiger partial charge in [0, 0.05) is 5.38 Å². The summed E-state index contributed by atoms with van der Waals surface area (Å²) in [7, 11) is 0. The second kappa shape index (κ2) is 7.72. The Morgan fingerprint density at radius 3 is 2.47 bits per heavy atom. The Morgan fingerprint density at radius 2 is 1.77 bits per heavy atom. The molecule has 0 aliphatic rings. The predicted molar refractivity (Wildman–Crippen MR) is 114 cm³/mol. The van der Waals surface area contributed by atoms with Crippen molar-refractivity contribution in [3.63, 3.8) is 0 Å². The van der Waals surface area contributed by atoms with Crippen molar-refractivity contribution in [3.8, 4) is 5.69 Å². The van der Waals surface area contributed by atoms with E-state index in [-0.39, 0.29) is 21.5 Å². The van der Waals surface area contributed by atoms with Gasteiger partial charge in [-0.3, -0.25) is 4.79 Å². The van der Waals surface area contributed by atoms with Crippen LogP contribution in [0.5, 0.6) is 0 Å². The fourth-order valence-electron chi connectivity index (χ4n) is 3.34. The fourth-order valence-corrected chi connectivity index (χ4v) is 4.17. The molecule has 2 aromatic carbocycles. The van der Waals surface area contributed by atoms with Gasteiger partial charge in [0.15, 0.2) is 0 Å². The van der Waals surface area contributed by atoms with Crippen molar-refractivity contribution in [2.45, 2.75) is 19.8 Å². The number of hydrogen-bond donors (Lipinski definition) is 2. The van der Waals surface area contributed by atoms with Gasteiger partial charge in [-0.25, -0.2) is 18.5 Å². The molecule has 8 heteroatoms. The average Bonchev–Trinajstić information content (AvgIpc) is 3.14. The lowest BCUT2D eigenvalue weighted by Gasteiger charge is -2.09. The normalized spacial score (nSPS) is 11.1. The summed E-state index contributed by atoms with van der Waals surface area (Å²) in [5.74, 6) is -2.02. The molecular formula is C22H17FN2O4S. The van der Waals surface area contributed by atoms with Gasteiger partial charge < -0.3 is 10.1 Å². The van der Waals surface area contributed by atoms with E-state index in [4.69, 9.17) is 0 Å². The maximum Gasteiger partial charge on any atom is 0.346 e. The second-order valence-electron chi connectivity index (χ2n) is 7.00. The molecule has 0 aliphatic heterocycles. The summed E-state index contributed by atoms with van der Waals surface area (Å²) in [6.07, 6.45) is 1.30. The first kappa shape index (κ1) is 19.8. The van der Waals surface area contributed by atoms with Crippen LogP contribution < -0.4 is 11.2 Å². The molecule has 4 rings (SSSR count). The summed E-state index contributed by atoms with van der Waals surface area (Å²) in [5.41, 5.74) is 1.27. The second-order valence-corrected chi connectivity index (χ2v) is 7.88. The standard InChI is InChI=1S/C22H17FN2O4S/c1-12-2-4-13(5-3-12)6-7-14-8-9-15(23)17(10-14)25-20(26)18-16(24-22(25)29)11-30-19(18)21(27)28/h2-5,8-11H,6-7H2,1H3,(H,24,29)(H,27,28). The van der Waals surface area contributed by atoms with Gasteiger partial charge in [-0.2, -0.15) is 0 Å². The average molecular weight is 424 g/mol. The molecule has 0 spiro atoms.